The van der Waals surface area contributed by atoms with Crippen LogP contribution in [0.15, 0.2) is 69.8 Å². The van der Waals surface area contributed by atoms with Gasteiger partial charge in [-0.25, -0.2) is 23.5 Å². The smallest absolute Gasteiger partial charge is 0.352 e. The molecule has 3 heterocycles. The van der Waals surface area contributed by atoms with Gasteiger partial charge in [0, 0.05) is 19.4 Å². The van der Waals surface area contributed by atoms with Gasteiger partial charge in [0.15, 0.2) is 21.2 Å². The lowest BCUT2D eigenvalue weighted by molar-refractivity contribution is -0.137. The number of hydrogen-bond acceptors (Lipinski definition) is 7. The summed E-state index contributed by atoms with van der Waals surface area (Å²) in [6, 6.07) is 10.8. The number of ether oxygens (including phenoxy) is 2. The highest BCUT2D eigenvalue weighted by atomic mass is 35.5. The summed E-state index contributed by atoms with van der Waals surface area (Å²) in [5.41, 5.74) is 0.345. The SMILES string of the molecule is COc1cc(C=C[C@H]2C3=CCn4c(=O)n(-c5ccccc5)c(=O)n4[C@@H]3C[C@@]3(Cl)C(=O)N(C)C(=O)[C@@]23Cl)cc(OC)c1O. The zero-order valence-electron chi connectivity index (χ0n) is 22.8. The molecule has 0 radical (unpaired) electrons. The summed E-state index contributed by atoms with van der Waals surface area (Å²) < 4.78 is 14.2. The van der Waals surface area contributed by atoms with Crippen LogP contribution in [0.25, 0.3) is 11.8 Å². The van der Waals surface area contributed by atoms with Crippen LogP contribution in [0.3, 0.4) is 0 Å². The number of hydrogen-bond donors (Lipinski definition) is 1. The number of benzene rings is 2. The summed E-state index contributed by atoms with van der Waals surface area (Å²) >= 11 is 14.2. The van der Waals surface area contributed by atoms with E-state index in [0.29, 0.717) is 16.8 Å². The third-order valence-electron chi connectivity index (χ3n) is 8.34. The Morgan fingerprint density at radius 3 is 2.24 bits per heavy atom. The number of carbonyl (C=O) groups excluding carboxylic acids is 2. The van der Waals surface area contributed by atoms with E-state index in [2.05, 4.69) is 0 Å². The number of aromatic hydroxyl groups is 1. The van der Waals surface area contributed by atoms with E-state index in [4.69, 9.17) is 32.7 Å². The van der Waals surface area contributed by atoms with Crippen LogP contribution in [-0.2, 0) is 16.1 Å². The molecule has 6 rings (SSSR count). The molecule has 1 N–H and O–H groups in total. The zero-order valence-corrected chi connectivity index (χ0v) is 24.3. The van der Waals surface area contributed by atoms with E-state index in [1.807, 2.05) is 0 Å². The molecule has 13 heteroatoms. The van der Waals surface area contributed by atoms with Gasteiger partial charge in [0.05, 0.1) is 32.5 Å². The van der Waals surface area contributed by atoms with Gasteiger partial charge in [0.25, 0.3) is 11.8 Å². The summed E-state index contributed by atoms with van der Waals surface area (Å²) in [6.07, 6.45) is 4.85. The Balaban J connectivity index is 1.54. The predicted octanol–water partition coefficient (Wildman–Crippen LogP) is 2.69. The largest absolute Gasteiger partial charge is 0.502 e. The van der Waals surface area contributed by atoms with E-state index >= 15 is 0 Å². The summed E-state index contributed by atoms with van der Waals surface area (Å²) in [5, 5.41) is 10.3. The number of aromatic nitrogens is 3. The number of phenols is 1. The molecular formula is C29H26Cl2N4O7. The van der Waals surface area contributed by atoms with Crippen LogP contribution in [0.4, 0.5) is 0 Å². The van der Waals surface area contributed by atoms with Crippen molar-refractivity contribution in [3.8, 4) is 22.9 Å². The van der Waals surface area contributed by atoms with Gasteiger partial charge in [-0.3, -0.25) is 14.5 Å². The molecule has 3 aromatic rings. The maximum atomic E-state index is 13.8. The molecule has 2 aromatic carbocycles. The summed E-state index contributed by atoms with van der Waals surface area (Å²) in [4.78, 5) is 51.4. The number of para-hydroxylation sites is 1. The number of amides is 2. The quantitative estimate of drug-likeness (QED) is 0.267. The van der Waals surface area contributed by atoms with Crippen LogP contribution in [0.5, 0.6) is 17.2 Å². The lowest BCUT2D eigenvalue weighted by Gasteiger charge is -2.47. The molecule has 2 aliphatic heterocycles. The van der Waals surface area contributed by atoms with Gasteiger partial charge in [0.1, 0.15) is 0 Å². The third kappa shape index (κ3) is 3.59. The van der Waals surface area contributed by atoms with E-state index in [9.17, 15) is 24.3 Å². The minimum atomic E-state index is -1.92. The first-order valence-corrected chi connectivity index (χ1v) is 13.8. The Morgan fingerprint density at radius 2 is 1.62 bits per heavy atom. The first kappa shape index (κ1) is 27.9. The number of fused-ring (bicyclic) bond motifs is 4. The molecule has 1 aromatic heterocycles. The lowest BCUT2D eigenvalue weighted by Crippen LogP contribution is -2.60. The van der Waals surface area contributed by atoms with Crippen molar-refractivity contribution >= 4 is 41.1 Å². The van der Waals surface area contributed by atoms with Crippen LogP contribution in [-0.4, -0.2) is 66.8 Å². The van der Waals surface area contributed by atoms with Gasteiger partial charge in [-0.15, -0.1) is 23.2 Å². The van der Waals surface area contributed by atoms with Gasteiger partial charge >= 0.3 is 11.4 Å². The van der Waals surface area contributed by atoms with Gasteiger partial charge in [-0.2, -0.15) is 0 Å². The molecule has 0 unspecified atom stereocenters. The van der Waals surface area contributed by atoms with Gasteiger partial charge in [0.2, 0.25) is 5.75 Å². The first-order chi connectivity index (χ1) is 20.0. The Bertz CT molecular complexity index is 1800. The molecule has 42 heavy (non-hydrogen) atoms. The molecule has 4 atom stereocenters. The molecule has 0 spiro atoms. The van der Waals surface area contributed by atoms with Crippen molar-refractivity contribution < 1.29 is 24.2 Å². The Hall–Kier alpha value is -4.22. The fourth-order valence-electron chi connectivity index (χ4n) is 6.27. The minimum absolute atomic E-state index is 0.0329. The standard InChI is InChI=1S/C29H26Cl2N4O7/c1-32-24(37)28(30)15-20-18(11-12-33-26(39)34(27(40)35(20)33)17-7-5-4-6-8-17)19(29(28,31)25(32)38)10-9-16-13-21(41-2)23(36)22(14-16)42-3/h4-11,13-14,19-20,36H,12,15H2,1-3H3/t19-,20+,28+,29-/m0/s1. The highest BCUT2D eigenvalue weighted by Gasteiger charge is 2.74. The Labute approximate surface area is 249 Å². The van der Waals surface area contributed by atoms with Crippen molar-refractivity contribution in [3.05, 3.63) is 86.7 Å². The molecule has 1 saturated carbocycles. The second-order valence-electron chi connectivity index (χ2n) is 10.4. The number of imide groups is 1. The van der Waals surface area contributed by atoms with E-state index < -0.39 is 44.9 Å². The predicted molar refractivity (Wildman–Crippen MR) is 155 cm³/mol. The first-order valence-electron chi connectivity index (χ1n) is 13.0. The molecule has 2 fully saturated rings. The average molecular weight is 613 g/mol. The highest BCUT2D eigenvalue weighted by molar-refractivity contribution is 6.53. The van der Waals surface area contributed by atoms with Crippen molar-refractivity contribution in [2.75, 3.05) is 21.3 Å². The number of likely N-dealkylation sites (tertiary alicyclic amines) is 1. The second kappa shape index (κ2) is 9.67. The van der Waals surface area contributed by atoms with E-state index in [1.165, 1.54) is 30.6 Å². The molecule has 0 bridgehead atoms. The fraction of sp³-hybridized carbons (Fsp3) is 0.310. The van der Waals surface area contributed by atoms with Gasteiger partial charge < -0.3 is 14.6 Å². The summed E-state index contributed by atoms with van der Waals surface area (Å²) in [6.45, 7) is 0.0329. The molecule has 11 nitrogen and oxygen atoms in total. The lowest BCUT2D eigenvalue weighted by atomic mass is 9.66. The van der Waals surface area contributed by atoms with Crippen LogP contribution >= 0.6 is 23.2 Å². The number of nitrogens with zero attached hydrogens (tertiary/aromatic N) is 4. The number of alkyl halides is 2. The Kier molecular flexibility index (Phi) is 6.43. The molecule has 218 valence electrons. The number of allylic oxidation sites excluding steroid dienone is 3. The molecule has 2 amide bonds. The summed E-state index contributed by atoms with van der Waals surface area (Å²) in [5.74, 6) is -2.19. The summed E-state index contributed by atoms with van der Waals surface area (Å²) in [7, 11) is 4.11. The van der Waals surface area contributed by atoms with E-state index in [-0.39, 0.29) is 30.2 Å². The molecule has 1 aliphatic carbocycles. The Morgan fingerprint density at radius 1 is 0.976 bits per heavy atom. The average Bonchev–Trinajstić information content (AvgIpc) is 3.32. The fourth-order valence-corrected chi connectivity index (χ4v) is 7.22. The number of halogens is 2. The van der Waals surface area contributed by atoms with Gasteiger partial charge in [-0.05, 0) is 35.4 Å². The number of phenolic OH excluding ortho intramolecular Hbond substituents is 1. The number of carbonyl (C=O) groups is 2. The molecule has 3 aliphatic rings. The topological polar surface area (TPSA) is 125 Å². The molecular weight excluding hydrogens is 587 g/mol. The van der Waals surface area contributed by atoms with Crippen molar-refractivity contribution in [2.45, 2.75) is 28.8 Å². The van der Waals surface area contributed by atoms with Crippen molar-refractivity contribution in [1.29, 1.82) is 0 Å². The van der Waals surface area contributed by atoms with Crippen LogP contribution < -0.4 is 20.9 Å². The maximum Gasteiger partial charge on any atom is 0.352 e. The molecule has 1 saturated heterocycles. The van der Waals surface area contributed by atoms with Crippen LogP contribution in [0.1, 0.15) is 18.0 Å². The van der Waals surface area contributed by atoms with E-state index in [0.717, 1.165) is 9.47 Å². The van der Waals surface area contributed by atoms with Crippen LogP contribution in [0, 0.1) is 5.92 Å². The van der Waals surface area contributed by atoms with Crippen molar-refractivity contribution in [2.24, 2.45) is 5.92 Å². The normalized spacial score (nSPS) is 26.6. The second-order valence-corrected chi connectivity index (χ2v) is 11.6. The van der Waals surface area contributed by atoms with Crippen molar-refractivity contribution in [3.63, 3.8) is 0 Å². The van der Waals surface area contributed by atoms with Crippen LogP contribution in [0.2, 0.25) is 0 Å². The number of rotatable bonds is 5. The zero-order chi connectivity index (χ0) is 30.1. The number of methoxy groups -OCH3 is 2. The van der Waals surface area contributed by atoms with Crippen molar-refractivity contribution in [1.82, 2.24) is 18.8 Å². The minimum Gasteiger partial charge on any atom is -0.502 e. The van der Waals surface area contributed by atoms with Gasteiger partial charge in [-0.1, -0.05) is 36.4 Å². The maximum absolute atomic E-state index is 13.8. The monoisotopic (exact) mass is 612 g/mol. The third-order valence-corrected chi connectivity index (χ3v) is 9.77. The van der Waals surface area contributed by atoms with E-state index in [1.54, 1.807) is 60.7 Å². The highest BCUT2D eigenvalue weighted by Crippen LogP contribution is 2.60.